The summed E-state index contributed by atoms with van der Waals surface area (Å²) in [5.41, 5.74) is -0.498. The van der Waals surface area contributed by atoms with Crippen molar-refractivity contribution in [1.29, 1.82) is 0 Å². The number of hydrogen-bond donors (Lipinski definition) is 0. The lowest BCUT2D eigenvalue weighted by Gasteiger charge is -1.91. The van der Waals surface area contributed by atoms with Gasteiger partial charge in [-0.15, -0.1) is 5.10 Å². The molecule has 0 aromatic carbocycles. The Balaban J connectivity index is 3.09. The highest BCUT2D eigenvalue weighted by molar-refractivity contribution is 5.54. The van der Waals surface area contributed by atoms with E-state index in [-0.39, 0.29) is 4.68 Å². The highest BCUT2D eigenvalue weighted by atomic mass is 19.1. The van der Waals surface area contributed by atoms with Gasteiger partial charge in [-0.3, -0.25) is 0 Å². The predicted octanol–water partition coefficient (Wildman–Crippen LogP) is 0.830. The van der Waals surface area contributed by atoms with Crippen LogP contribution >= 0.6 is 0 Å². The molecule has 0 spiro atoms. The molecule has 1 heterocycles. The van der Waals surface area contributed by atoms with Gasteiger partial charge >= 0.3 is 0 Å². The minimum atomic E-state index is -1.25. The molecule has 0 bridgehead atoms. The zero-order valence-corrected chi connectivity index (χ0v) is 5.93. The third kappa shape index (κ3) is 1.32. The molecule has 0 N–H and O–H groups in total. The number of carbonyl (C=O) groups excluding carboxylic acids is 1. The van der Waals surface area contributed by atoms with Crippen LogP contribution in [0.5, 0.6) is 0 Å². The molecule has 0 radical (unpaired) electrons. The highest BCUT2D eigenvalue weighted by Gasteiger charge is 2.16. The average molecular weight is 178 g/mol. The summed E-state index contributed by atoms with van der Waals surface area (Å²) < 4.78 is 37.3. The summed E-state index contributed by atoms with van der Waals surface area (Å²) >= 11 is 0. The maximum absolute atomic E-state index is 12.7. The van der Waals surface area contributed by atoms with Gasteiger partial charge in [0.15, 0.2) is 6.80 Å². The van der Waals surface area contributed by atoms with Crippen molar-refractivity contribution < 1.29 is 18.0 Å². The Hall–Kier alpha value is -1.33. The molecule has 0 saturated heterocycles. The second kappa shape index (κ2) is 3.38. The Morgan fingerprint density at radius 3 is 2.58 bits per heavy atom. The van der Waals surface area contributed by atoms with E-state index in [1.54, 1.807) is 0 Å². The minimum absolute atomic E-state index is 0.216. The summed E-state index contributed by atoms with van der Waals surface area (Å²) in [6.07, 6.45) is -0.108. The SMILES string of the molecule is O=CCc1c(F)nn(CF)c1F. The van der Waals surface area contributed by atoms with Crippen molar-refractivity contribution in [2.24, 2.45) is 0 Å². The van der Waals surface area contributed by atoms with Gasteiger partial charge in [0.05, 0.1) is 5.56 Å². The zero-order chi connectivity index (χ0) is 9.14. The van der Waals surface area contributed by atoms with Crippen molar-refractivity contribution in [3.05, 3.63) is 17.5 Å². The first-order valence-corrected chi connectivity index (χ1v) is 3.11. The van der Waals surface area contributed by atoms with Crippen LogP contribution in [-0.4, -0.2) is 16.1 Å². The molecule has 0 fully saturated rings. The van der Waals surface area contributed by atoms with E-state index in [1.165, 1.54) is 0 Å². The van der Waals surface area contributed by atoms with Crippen LogP contribution in [0.3, 0.4) is 0 Å². The first kappa shape index (κ1) is 8.76. The van der Waals surface area contributed by atoms with Gasteiger partial charge in [0.25, 0.3) is 0 Å². The van der Waals surface area contributed by atoms with Gasteiger partial charge in [-0.1, -0.05) is 0 Å². The quantitative estimate of drug-likeness (QED) is 0.642. The topological polar surface area (TPSA) is 34.9 Å². The van der Waals surface area contributed by atoms with Crippen LogP contribution in [0.4, 0.5) is 13.2 Å². The van der Waals surface area contributed by atoms with Gasteiger partial charge in [0.2, 0.25) is 11.9 Å². The third-order valence-electron chi connectivity index (χ3n) is 1.33. The lowest BCUT2D eigenvalue weighted by molar-refractivity contribution is -0.107. The normalized spacial score (nSPS) is 10.2. The summed E-state index contributed by atoms with van der Waals surface area (Å²) in [6.45, 7) is -1.25. The van der Waals surface area contributed by atoms with E-state index in [4.69, 9.17) is 0 Å². The average Bonchev–Trinajstić information content (AvgIpc) is 2.32. The van der Waals surface area contributed by atoms with Crippen molar-refractivity contribution in [1.82, 2.24) is 9.78 Å². The van der Waals surface area contributed by atoms with Crippen molar-refractivity contribution in [2.45, 2.75) is 13.2 Å². The number of nitrogens with zero attached hydrogens (tertiary/aromatic N) is 2. The molecule has 0 aliphatic heterocycles. The van der Waals surface area contributed by atoms with Crippen molar-refractivity contribution in [3.8, 4) is 0 Å². The standard InChI is InChI=1S/C6H5F3N2O/c7-3-11-6(9)4(1-2-12)5(8)10-11/h2H,1,3H2. The molecule has 6 heteroatoms. The Bertz CT molecular complexity index is 297. The van der Waals surface area contributed by atoms with Crippen LogP contribution in [-0.2, 0) is 18.0 Å². The lowest BCUT2D eigenvalue weighted by atomic mass is 10.3. The molecular formula is C6H5F3N2O. The van der Waals surface area contributed by atoms with Gasteiger partial charge < -0.3 is 4.79 Å². The fraction of sp³-hybridized carbons (Fsp3) is 0.333. The first-order valence-electron chi connectivity index (χ1n) is 3.11. The van der Waals surface area contributed by atoms with E-state index >= 15 is 0 Å². The van der Waals surface area contributed by atoms with Crippen LogP contribution in [0.2, 0.25) is 0 Å². The lowest BCUT2D eigenvalue weighted by Crippen LogP contribution is -1.99. The number of aromatic nitrogens is 2. The van der Waals surface area contributed by atoms with Crippen molar-refractivity contribution in [3.63, 3.8) is 0 Å². The number of halogens is 3. The van der Waals surface area contributed by atoms with Crippen LogP contribution in [0.15, 0.2) is 0 Å². The minimum Gasteiger partial charge on any atom is -0.303 e. The molecule has 12 heavy (non-hydrogen) atoms. The molecular weight excluding hydrogens is 173 g/mol. The molecule has 1 aromatic heterocycles. The van der Waals surface area contributed by atoms with Crippen LogP contribution in [0.1, 0.15) is 5.56 Å². The van der Waals surface area contributed by atoms with Gasteiger partial charge in [0.1, 0.15) is 6.29 Å². The number of aldehydes is 1. The molecule has 3 nitrogen and oxygen atoms in total. The smallest absolute Gasteiger partial charge is 0.239 e. The molecule has 1 aromatic rings. The molecule has 0 amide bonds. The summed E-state index contributed by atoms with van der Waals surface area (Å²) in [6, 6.07) is 0. The summed E-state index contributed by atoms with van der Waals surface area (Å²) in [7, 11) is 0. The first-order chi connectivity index (χ1) is 5.70. The monoisotopic (exact) mass is 178 g/mol. The van der Waals surface area contributed by atoms with Gasteiger partial charge in [0, 0.05) is 6.42 Å². The third-order valence-corrected chi connectivity index (χ3v) is 1.33. The van der Waals surface area contributed by atoms with Crippen molar-refractivity contribution >= 4 is 6.29 Å². The Morgan fingerprint density at radius 1 is 1.50 bits per heavy atom. The number of rotatable bonds is 3. The molecule has 0 unspecified atom stereocenters. The maximum Gasteiger partial charge on any atom is 0.239 e. The summed E-state index contributed by atoms with van der Waals surface area (Å²) in [5, 5.41) is 2.89. The summed E-state index contributed by atoms with van der Waals surface area (Å²) in [4.78, 5) is 9.91. The summed E-state index contributed by atoms with van der Waals surface area (Å²) in [5.74, 6) is -2.28. The molecule has 0 aliphatic rings. The van der Waals surface area contributed by atoms with E-state index in [0.717, 1.165) is 0 Å². The molecule has 0 atom stereocenters. The predicted molar refractivity (Wildman–Crippen MR) is 33.0 cm³/mol. The van der Waals surface area contributed by atoms with E-state index in [0.29, 0.717) is 6.29 Å². The van der Waals surface area contributed by atoms with Crippen LogP contribution in [0, 0.1) is 11.9 Å². The molecule has 0 saturated carbocycles. The van der Waals surface area contributed by atoms with E-state index < -0.39 is 30.7 Å². The second-order valence-electron chi connectivity index (χ2n) is 2.05. The Kier molecular flexibility index (Phi) is 2.47. The fourth-order valence-electron chi connectivity index (χ4n) is 0.782. The van der Waals surface area contributed by atoms with E-state index in [9.17, 15) is 18.0 Å². The van der Waals surface area contributed by atoms with Crippen molar-refractivity contribution in [2.75, 3.05) is 0 Å². The second-order valence-corrected chi connectivity index (χ2v) is 2.05. The highest BCUT2D eigenvalue weighted by Crippen LogP contribution is 2.11. The van der Waals surface area contributed by atoms with E-state index in [1.807, 2.05) is 0 Å². The molecule has 1 rings (SSSR count). The number of carbonyl (C=O) groups is 1. The Labute approximate surface area is 65.8 Å². The van der Waals surface area contributed by atoms with Crippen LogP contribution in [0.25, 0.3) is 0 Å². The van der Waals surface area contributed by atoms with Gasteiger partial charge in [-0.25, -0.2) is 9.07 Å². The number of hydrogen-bond acceptors (Lipinski definition) is 2. The molecule has 66 valence electrons. The Morgan fingerprint density at radius 2 is 2.17 bits per heavy atom. The fourth-order valence-corrected chi connectivity index (χ4v) is 0.782. The van der Waals surface area contributed by atoms with Gasteiger partial charge in [-0.05, 0) is 0 Å². The number of alkyl halides is 1. The zero-order valence-electron chi connectivity index (χ0n) is 5.93. The van der Waals surface area contributed by atoms with Gasteiger partial charge in [-0.2, -0.15) is 8.78 Å². The van der Waals surface area contributed by atoms with Crippen LogP contribution < -0.4 is 0 Å². The van der Waals surface area contributed by atoms with E-state index in [2.05, 4.69) is 5.10 Å². The molecule has 0 aliphatic carbocycles. The maximum atomic E-state index is 12.7. The largest absolute Gasteiger partial charge is 0.303 e.